The molecule has 0 saturated heterocycles. The van der Waals surface area contributed by atoms with Crippen molar-refractivity contribution < 1.29 is 9.72 Å². The van der Waals surface area contributed by atoms with Crippen LogP contribution in [0.2, 0.25) is 5.02 Å². The van der Waals surface area contributed by atoms with Gasteiger partial charge < -0.3 is 10.3 Å². The molecule has 2 N–H and O–H groups in total. The number of hydrogen-bond acceptors (Lipinski definition) is 6. The summed E-state index contributed by atoms with van der Waals surface area (Å²) >= 11 is 6.94. The van der Waals surface area contributed by atoms with E-state index in [-0.39, 0.29) is 27.7 Å². The molecule has 0 aliphatic heterocycles. The first-order valence-electron chi connectivity index (χ1n) is 6.29. The highest BCUT2D eigenvalue weighted by Crippen LogP contribution is 2.27. The van der Waals surface area contributed by atoms with E-state index < -0.39 is 10.8 Å². The molecule has 120 valence electrons. The van der Waals surface area contributed by atoms with Gasteiger partial charge in [0.1, 0.15) is 0 Å². The molecule has 1 aromatic heterocycles. The van der Waals surface area contributed by atoms with Crippen molar-refractivity contribution in [3.8, 4) is 0 Å². The summed E-state index contributed by atoms with van der Waals surface area (Å²) in [6, 6.07) is 5.10. The summed E-state index contributed by atoms with van der Waals surface area (Å²) in [5.41, 5.74) is 0.208. The Morgan fingerprint density at radius 1 is 1.48 bits per heavy atom. The Hall–Kier alpha value is -2.39. The molecule has 0 radical (unpaired) electrons. The van der Waals surface area contributed by atoms with Gasteiger partial charge in [0.15, 0.2) is 5.16 Å². The number of hydrogen-bond donors (Lipinski definition) is 2. The number of benzene rings is 1. The van der Waals surface area contributed by atoms with E-state index >= 15 is 0 Å². The number of thioether (sulfide) groups is 1. The van der Waals surface area contributed by atoms with Crippen molar-refractivity contribution in [1.82, 2.24) is 9.97 Å². The second kappa shape index (κ2) is 7.25. The lowest BCUT2D eigenvalue weighted by molar-refractivity contribution is -0.384. The van der Waals surface area contributed by atoms with Crippen molar-refractivity contribution >= 4 is 40.6 Å². The van der Waals surface area contributed by atoms with Gasteiger partial charge in [-0.05, 0) is 13.0 Å². The van der Waals surface area contributed by atoms with Gasteiger partial charge in [0.2, 0.25) is 5.91 Å². The minimum Gasteiger partial charge on any atom is -0.324 e. The number of anilines is 1. The molecule has 0 unspecified atom stereocenters. The molecule has 0 aliphatic rings. The molecule has 0 saturated carbocycles. The number of aromatic amines is 1. The first kappa shape index (κ1) is 17.0. The second-order valence-electron chi connectivity index (χ2n) is 4.45. The van der Waals surface area contributed by atoms with Crippen molar-refractivity contribution in [3.63, 3.8) is 0 Å². The number of nitrogens with zero attached hydrogens (tertiary/aromatic N) is 2. The highest BCUT2D eigenvalue weighted by Gasteiger charge is 2.12. The molecule has 8 nitrogen and oxygen atoms in total. The number of nitro benzene ring substituents is 1. The fourth-order valence-corrected chi connectivity index (χ4v) is 2.55. The predicted octanol–water partition coefficient (Wildman–Crippen LogP) is 2.37. The second-order valence-corrected chi connectivity index (χ2v) is 5.82. The minimum atomic E-state index is -0.581. The van der Waals surface area contributed by atoms with Gasteiger partial charge in [-0.15, -0.1) is 0 Å². The zero-order chi connectivity index (χ0) is 17.0. The first-order chi connectivity index (χ1) is 10.8. The van der Waals surface area contributed by atoms with Crippen molar-refractivity contribution in [1.29, 1.82) is 0 Å². The van der Waals surface area contributed by atoms with Crippen LogP contribution in [0.5, 0.6) is 0 Å². The number of nitro groups is 1. The average Bonchev–Trinajstić information content (AvgIpc) is 2.46. The number of rotatable bonds is 5. The van der Waals surface area contributed by atoms with Crippen LogP contribution < -0.4 is 10.9 Å². The molecule has 10 heteroatoms. The van der Waals surface area contributed by atoms with Crippen LogP contribution >= 0.6 is 23.4 Å². The van der Waals surface area contributed by atoms with Crippen LogP contribution in [0.4, 0.5) is 11.4 Å². The molecule has 1 heterocycles. The maximum Gasteiger partial charge on any atom is 0.271 e. The largest absolute Gasteiger partial charge is 0.324 e. The maximum absolute atomic E-state index is 11.9. The zero-order valence-electron chi connectivity index (χ0n) is 11.8. The normalized spacial score (nSPS) is 10.3. The summed E-state index contributed by atoms with van der Waals surface area (Å²) in [7, 11) is 0. The summed E-state index contributed by atoms with van der Waals surface area (Å²) in [5.74, 6) is -0.465. The van der Waals surface area contributed by atoms with E-state index in [4.69, 9.17) is 11.6 Å². The number of halogens is 1. The summed E-state index contributed by atoms with van der Waals surface area (Å²) in [6.07, 6.45) is 0. The van der Waals surface area contributed by atoms with E-state index in [1.54, 1.807) is 6.92 Å². The Morgan fingerprint density at radius 2 is 2.22 bits per heavy atom. The molecule has 23 heavy (non-hydrogen) atoms. The number of nitrogens with one attached hydrogen (secondary N) is 2. The van der Waals surface area contributed by atoms with Crippen molar-refractivity contribution in [2.45, 2.75) is 12.1 Å². The number of carbonyl (C=O) groups excluding carboxylic acids is 1. The third-order valence-electron chi connectivity index (χ3n) is 2.62. The first-order valence-corrected chi connectivity index (χ1v) is 7.66. The van der Waals surface area contributed by atoms with Crippen LogP contribution in [0.3, 0.4) is 0 Å². The summed E-state index contributed by atoms with van der Waals surface area (Å²) < 4.78 is 0. The van der Waals surface area contributed by atoms with E-state index in [9.17, 15) is 19.7 Å². The zero-order valence-corrected chi connectivity index (χ0v) is 13.4. The van der Waals surface area contributed by atoms with Crippen LogP contribution in [-0.4, -0.2) is 26.6 Å². The predicted molar refractivity (Wildman–Crippen MR) is 87.1 cm³/mol. The molecular weight excluding hydrogens is 344 g/mol. The Balaban J connectivity index is 2.03. The van der Waals surface area contributed by atoms with Gasteiger partial charge in [0.25, 0.3) is 11.2 Å². The van der Waals surface area contributed by atoms with Crippen LogP contribution in [0.1, 0.15) is 5.69 Å². The molecule has 0 atom stereocenters. The van der Waals surface area contributed by atoms with E-state index in [1.807, 2.05) is 0 Å². The van der Waals surface area contributed by atoms with Crippen LogP contribution in [-0.2, 0) is 4.79 Å². The van der Waals surface area contributed by atoms with Gasteiger partial charge in [-0.3, -0.25) is 19.7 Å². The number of aromatic nitrogens is 2. The van der Waals surface area contributed by atoms with Gasteiger partial charge >= 0.3 is 0 Å². The van der Waals surface area contributed by atoms with Gasteiger partial charge in [0.05, 0.1) is 21.4 Å². The molecule has 1 amide bonds. The summed E-state index contributed by atoms with van der Waals surface area (Å²) in [6.45, 7) is 1.67. The fraction of sp³-hybridized carbons (Fsp3) is 0.154. The van der Waals surface area contributed by atoms with Gasteiger partial charge in [-0.2, -0.15) is 0 Å². The van der Waals surface area contributed by atoms with E-state index in [1.165, 1.54) is 24.3 Å². The lowest BCUT2D eigenvalue weighted by atomic mass is 10.3. The average molecular weight is 355 g/mol. The summed E-state index contributed by atoms with van der Waals surface area (Å²) in [5, 5.41) is 13.7. The molecule has 0 fully saturated rings. The van der Waals surface area contributed by atoms with Crippen molar-refractivity contribution in [2.24, 2.45) is 0 Å². The Bertz CT molecular complexity index is 824. The third-order valence-corrected chi connectivity index (χ3v) is 3.83. The fourth-order valence-electron chi connectivity index (χ4n) is 1.66. The van der Waals surface area contributed by atoms with E-state index in [0.29, 0.717) is 10.9 Å². The number of H-pyrrole nitrogens is 1. The molecular formula is C13H11ClN4O4S. The SMILES string of the molecule is Cc1cc(=O)[nH]c(SCC(=O)Nc2cc([N+](=O)[O-])ccc2Cl)n1. The van der Waals surface area contributed by atoms with E-state index in [0.717, 1.165) is 11.8 Å². The van der Waals surface area contributed by atoms with Gasteiger partial charge in [-0.25, -0.2) is 4.98 Å². The standard InChI is InChI=1S/C13H11ClN4O4S/c1-7-4-11(19)17-13(15-7)23-6-12(20)16-10-5-8(18(21)22)2-3-9(10)14/h2-5H,6H2,1H3,(H,16,20)(H,15,17,19). The quantitative estimate of drug-likeness (QED) is 0.368. The van der Waals surface area contributed by atoms with Crippen molar-refractivity contribution in [3.05, 3.63) is 55.5 Å². The van der Waals surface area contributed by atoms with Crippen LogP contribution in [0, 0.1) is 17.0 Å². The number of carbonyl (C=O) groups is 1. The third kappa shape index (κ3) is 4.80. The lowest BCUT2D eigenvalue weighted by Gasteiger charge is -2.07. The van der Waals surface area contributed by atoms with Crippen molar-refractivity contribution in [2.75, 3.05) is 11.1 Å². The van der Waals surface area contributed by atoms with Gasteiger partial charge in [-0.1, -0.05) is 23.4 Å². The Kier molecular flexibility index (Phi) is 5.35. The molecule has 1 aromatic carbocycles. The highest BCUT2D eigenvalue weighted by molar-refractivity contribution is 7.99. The Labute approximate surface area is 139 Å². The van der Waals surface area contributed by atoms with Crippen LogP contribution in [0.15, 0.2) is 34.2 Å². The van der Waals surface area contributed by atoms with Crippen LogP contribution in [0.25, 0.3) is 0 Å². The topological polar surface area (TPSA) is 118 Å². The summed E-state index contributed by atoms with van der Waals surface area (Å²) in [4.78, 5) is 39.9. The lowest BCUT2D eigenvalue weighted by Crippen LogP contribution is -2.16. The number of aryl methyl sites for hydroxylation is 1. The Morgan fingerprint density at radius 3 is 2.87 bits per heavy atom. The minimum absolute atomic E-state index is 0.0363. The van der Waals surface area contributed by atoms with Gasteiger partial charge in [0, 0.05) is 23.9 Å². The molecule has 0 aliphatic carbocycles. The maximum atomic E-state index is 11.9. The number of amides is 1. The number of non-ortho nitro benzene ring substituents is 1. The smallest absolute Gasteiger partial charge is 0.271 e. The monoisotopic (exact) mass is 354 g/mol. The molecule has 2 rings (SSSR count). The molecule has 0 spiro atoms. The van der Waals surface area contributed by atoms with E-state index in [2.05, 4.69) is 15.3 Å². The molecule has 2 aromatic rings. The highest BCUT2D eigenvalue weighted by atomic mass is 35.5. The molecule has 0 bridgehead atoms.